The van der Waals surface area contributed by atoms with Crippen LogP contribution in [-0.4, -0.2) is 22.8 Å². The molecule has 0 fully saturated rings. The van der Waals surface area contributed by atoms with Crippen LogP contribution < -0.4 is 16.2 Å². The molecule has 0 atom stereocenters. The first kappa shape index (κ1) is 13.5. The largest absolute Gasteiger partial charge is 0.334 e. The Balaban J connectivity index is 2.15. The average molecular weight is 270 g/mol. The molecule has 0 saturated carbocycles. The minimum Gasteiger partial charge on any atom is -0.334 e. The molecule has 0 radical (unpaired) electrons. The van der Waals surface area contributed by atoms with Crippen molar-refractivity contribution in [3.8, 4) is 11.3 Å². The van der Waals surface area contributed by atoms with Gasteiger partial charge in [-0.3, -0.25) is 4.79 Å². The van der Waals surface area contributed by atoms with Crippen molar-refractivity contribution >= 4 is 11.7 Å². The Morgan fingerprint density at radius 3 is 2.90 bits per heavy atom. The molecule has 102 valence electrons. The molecule has 2 rings (SSSR count). The number of nitrogens with one attached hydrogen (secondary N) is 3. The van der Waals surface area contributed by atoms with E-state index in [2.05, 4.69) is 27.4 Å². The number of amides is 2. The molecular weight excluding hydrogens is 256 g/mol. The van der Waals surface area contributed by atoms with Gasteiger partial charge in [-0.1, -0.05) is 18.2 Å². The van der Waals surface area contributed by atoms with Crippen LogP contribution >= 0.6 is 0 Å². The van der Waals surface area contributed by atoms with Crippen molar-refractivity contribution in [2.45, 2.75) is 0 Å². The molecule has 20 heavy (non-hydrogen) atoms. The number of rotatable bonds is 4. The van der Waals surface area contributed by atoms with E-state index in [4.69, 9.17) is 0 Å². The molecule has 0 spiro atoms. The summed E-state index contributed by atoms with van der Waals surface area (Å²) >= 11 is 0. The monoisotopic (exact) mass is 270 g/mol. The molecule has 6 heteroatoms. The van der Waals surface area contributed by atoms with Gasteiger partial charge in [-0.25, -0.2) is 9.89 Å². The number of hydrogen-bond acceptors (Lipinski definition) is 3. The molecule has 6 nitrogen and oxygen atoms in total. The second-order valence-corrected chi connectivity index (χ2v) is 4.01. The Labute approximate surface area is 115 Å². The maximum absolute atomic E-state index is 11.5. The fourth-order valence-corrected chi connectivity index (χ4v) is 1.60. The molecule has 2 aromatic rings. The van der Waals surface area contributed by atoms with Crippen molar-refractivity contribution in [3.63, 3.8) is 0 Å². The van der Waals surface area contributed by atoms with Gasteiger partial charge in [0.1, 0.15) is 0 Å². The summed E-state index contributed by atoms with van der Waals surface area (Å²) in [6, 6.07) is 9.89. The van der Waals surface area contributed by atoms with E-state index in [0.29, 0.717) is 17.9 Å². The highest BCUT2D eigenvalue weighted by Gasteiger charge is 2.03. The van der Waals surface area contributed by atoms with Crippen molar-refractivity contribution in [3.05, 3.63) is 59.4 Å². The highest BCUT2D eigenvalue weighted by molar-refractivity contribution is 5.90. The van der Waals surface area contributed by atoms with Crippen LogP contribution in [0.3, 0.4) is 0 Å². The van der Waals surface area contributed by atoms with E-state index in [9.17, 15) is 9.59 Å². The van der Waals surface area contributed by atoms with Gasteiger partial charge in [-0.05, 0) is 18.2 Å². The molecule has 0 aliphatic heterocycles. The van der Waals surface area contributed by atoms with Crippen LogP contribution in [0.25, 0.3) is 11.3 Å². The Kier molecular flexibility index (Phi) is 4.28. The van der Waals surface area contributed by atoms with Crippen LogP contribution in [0.1, 0.15) is 0 Å². The Hall–Kier alpha value is -2.89. The van der Waals surface area contributed by atoms with Gasteiger partial charge in [-0.2, -0.15) is 5.10 Å². The smallest absolute Gasteiger partial charge is 0.319 e. The Morgan fingerprint density at radius 2 is 2.20 bits per heavy atom. The predicted octanol–water partition coefficient (Wildman–Crippen LogP) is 1.74. The molecule has 0 aliphatic carbocycles. The fraction of sp³-hybridized carbons (Fsp3) is 0.0714. The predicted molar refractivity (Wildman–Crippen MR) is 77.5 cm³/mol. The number of aromatic nitrogens is 2. The van der Waals surface area contributed by atoms with E-state index in [1.165, 1.54) is 6.07 Å². The van der Waals surface area contributed by atoms with Crippen LogP contribution in [0.5, 0.6) is 0 Å². The summed E-state index contributed by atoms with van der Waals surface area (Å²) in [5.74, 6) is 0. The highest BCUT2D eigenvalue weighted by atomic mass is 16.2. The number of hydrogen-bond donors (Lipinski definition) is 3. The number of anilines is 1. The summed E-state index contributed by atoms with van der Waals surface area (Å²) < 4.78 is 0. The van der Waals surface area contributed by atoms with Gasteiger partial charge in [0.15, 0.2) is 0 Å². The summed E-state index contributed by atoms with van der Waals surface area (Å²) in [5.41, 5.74) is 1.80. The molecular formula is C14H14N4O2. The summed E-state index contributed by atoms with van der Waals surface area (Å²) in [5, 5.41) is 11.6. The van der Waals surface area contributed by atoms with Crippen LogP contribution in [0, 0.1) is 0 Å². The molecule has 1 aromatic heterocycles. The van der Waals surface area contributed by atoms with Crippen LogP contribution in [0.2, 0.25) is 0 Å². The summed E-state index contributed by atoms with van der Waals surface area (Å²) in [6.45, 7) is 3.92. The van der Waals surface area contributed by atoms with E-state index in [1.54, 1.807) is 30.3 Å². The lowest BCUT2D eigenvalue weighted by Gasteiger charge is -2.07. The van der Waals surface area contributed by atoms with Gasteiger partial charge in [-0.15, -0.1) is 6.58 Å². The number of benzene rings is 1. The first-order valence-electron chi connectivity index (χ1n) is 6.01. The molecule has 3 N–H and O–H groups in total. The first-order chi connectivity index (χ1) is 9.69. The molecule has 1 heterocycles. The molecule has 0 saturated heterocycles. The van der Waals surface area contributed by atoms with Crippen molar-refractivity contribution in [1.29, 1.82) is 0 Å². The van der Waals surface area contributed by atoms with E-state index >= 15 is 0 Å². The number of nitrogens with zero attached hydrogens (tertiary/aromatic N) is 1. The van der Waals surface area contributed by atoms with E-state index in [0.717, 1.165) is 5.56 Å². The van der Waals surface area contributed by atoms with Gasteiger partial charge in [0.25, 0.3) is 5.56 Å². The second-order valence-electron chi connectivity index (χ2n) is 4.01. The molecule has 0 unspecified atom stereocenters. The number of carbonyl (C=O) groups is 1. The maximum Gasteiger partial charge on any atom is 0.319 e. The number of carbonyl (C=O) groups excluding carboxylic acids is 1. The number of aromatic amines is 1. The molecule has 1 aromatic carbocycles. The first-order valence-corrected chi connectivity index (χ1v) is 6.01. The zero-order valence-electron chi connectivity index (χ0n) is 10.7. The zero-order valence-corrected chi connectivity index (χ0v) is 10.7. The van der Waals surface area contributed by atoms with Crippen LogP contribution in [0.15, 0.2) is 53.8 Å². The third-order valence-corrected chi connectivity index (χ3v) is 2.50. The topological polar surface area (TPSA) is 86.9 Å². The molecule has 0 aliphatic rings. The average Bonchev–Trinajstić information content (AvgIpc) is 2.46. The van der Waals surface area contributed by atoms with Gasteiger partial charge in [0, 0.05) is 23.9 Å². The van der Waals surface area contributed by atoms with Crippen molar-refractivity contribution in [1.82, 2.24) is 15.5 Å². The number of H-pyrrole nitrogens is 1. The van der Waals surface area contributed by atoms with Crippen molar-refractivity contribution in [2.75, 3.05) is 11.9 Å². The van der Waals surface area contributed by atoms with E-state index in [-0.39, 0.29) is 11.6 Å². The maximum atomic E-state index is 11.5. The fourth-order valence-electron chi connectivity index (χ4n) is 1.60. The normalized spacial score (nSPS) is 9.80. The molecule has 2 amide bonds. The molecule has 0 bridgehead atoms. The summed E-state index contributed by atoms with van der Waals surface area (Å²) in [7, 11) is 0. The summed E-state index contributed by atoms with van der Waals surface area (Å²) in [4.78, 5) is 22.5. The lowest BCUT2D eigenvalue weighted by molar-refractivity contribution is 0.253. The van der Waals surface area contributed by atoms with Crippen molar-refractivity contribution < 1.29 is 4.79 Å². The number of urea groups is 1. The van der Waals surface area contributed by atoms with Crippen LogP contribution in [0.4, 0.5) is 10.5 Å². The summed E-state index contributed by atoms with van der Waals surface area (Å²) in [6.07, 6.45) is 1.60. The minimum atomic E-state index is -0.309. The highest BCUT2D eigenvalue weighted by Crippen LogP contribution is 2.19. The third-order valence-electron chi connectivity index (χ3n) is 2.50. The minimum absolute atomic E-state index is 0.258. The standard InChI is InChI=1S/C14H14N4O2/c1-2-8-15-14(20)16-11-5-3-4-10(9-11)12-6-7-13(19)18-17-12/h2-7,9H,1,8H2,(H,18,19)(H2,15,16,20). The van der Waals surface area contributed by atoms with E-state index in [1.807, 2.05) is 6.07 Å². The Bertz CT molecular complexity index is 658. The van der Waals surface area contributed by atoms with E-state index < -0.39 is 0 Å². The van der Waals surface area contributed by atoms with Crippen molar-refractivity contribution in [2.24, 2.45) is 0 Å². The van der Waals surface area contributed by atoms with Crippen LogP contribution in [-0.2, 0) is 0 Å². The third kappa shape index (κ3) is 3.55. The zero-order chi connectivity index (χ0) is 14.4. The van der Waals surface area contributed by atoms with Gasteiger partial charge in [0.05, 0.1) is 5.69 Å². The SMILES string of the molecule is C=CCNC(=O)Nc1cccc(-c2ccc(=O)[nH]n2)c1. The quantitative estimate of drug-likeness (QED) is 0.740. The Morgan fingerprint density at radius 1 is 1.35 bits per heavy atom. The van der Waals surface area contributed by atoms with Gasteiger partial charge < -0.3 is 10.6 Å². The second kappa shape index (κ2) is 6.33. The van der Waals surface area contributed by atoms with Gasteiger partial charge >= 0.3 is 6.03 Å². The lowest BCUT2D eigenvalue weighted by atomic mass is 10.1. The lowest BCUT2D eigenvalue weighted by Crippen LogP contribution is -2.28. The van der Waals surface area contributed by atoms with Gasteiger partial charge in [0.2, 0.25) is 0 Å².